The summed E-state index contributed by atoms with van der Waals surface area (Å²) in [5.41, 5.74) is 1.67. The number of nitrogens with zero attached hydrogens (tertiary/aromatic N) is 2. The zero-order valence-electron chi connectivity index (χ0n) is 20.2. The normalized spacial score (nSPS) is 28.1. The van der Waals surface area contributed by atoms with Crippen LogP contribution in [0, 0.1) is 5.92 Å². The van der Waals surface area contributed by atoms with Crippen LogP contribution in [-0.2, 0) is 26.5 Å². The van der Waals surface area contributed by atoms with Crippen molar-refractivity contribution in [1.29, 1.82) is 0 Å². The van der Waals surface area contributed by atoms with Gasteiger partial charge in [0.1, 0.15) is 0 Å². The minimum atomic E-state index is -2.74. The van der Waals surface area contributed by atoms with Crippen molar-refractivity contribution in [1.82, 2.24) is 0 Å². The summed E-state index contributed by atoms with van der Waals surface area (Å²) in [6.45, 7) is 6.62. The SMILES string of the molecule is C[C@H]1[C@H]([Si](C)(C)O)[C@@H](CCO)O[C@]12C(=O)N(Cc1cccc(N3CCC3=O)c1)c1ccc(Cl)cc12. The predicted octanol–water partition coefficient (Wildman–Crippen LogP) is 3.80. The Morgan fingerprint density at radius 2 is 1.97 bits per heavy atom. The highest BCUT2D eigenvalue weighted by Crippen LogP contribution is 2.60. The highest BCUT2D eigenvalue weighted by Gasteiger charge is 2.66. The van der Waals surface area contributed by atoms with Crippen molar-refractivity contribution in [2.24, 2.45) is 5.92 Å². The number of ether oxygens (including phenoxy) is 1. The quantitative estimate of drug-likeness (QED) is 0.452. The monoisotopic (exact) mass is 514 g/mol. The second kappa shape index (κ2) is 8.71. The summed E-state index contributed by atoms with van der Waals surface area (Å²) in [6, 6.07) is 13.1. The molecule has 0 saturated carbocycles. The lowest BCUT2D eigenvalue weighted by Gasteiger charge is -2.32. The molecule has 0 aliphatic carbocycles. The molecule has 3 heterocycles. The third kappa shape index (κ3) is 3.83. The Morgan fingerprint density at radius 1 is 1.20 bits per heavy atom. The fraction of sp³-hybridized carbons (Fsp3) is 0.462. The van der Waals surface area contributed by atoms with Crippen LogP contribution in [0.5, 0.6) is 0 Å². The second-order valence-electron chi connectivity index (χ2n) is 10.4. The lowest BCUT2D eigenvalue weighted by atomic mass is 9.82. The Labute approximate surface area is 211 Å². The number of anilines is 2. The molecule has 186 valence electrons. The molecular formula is C26H31ClN2O5Si. The first-order valence-corrected chi connectivity index (χ1v) is 15.5. The van der Waals surface area contributed by atoms with E-state index in [1.807, 2.05) is 50.3 Å². The van der Waals surface area contributed by atoms with Gasteiger partial charge in [-0.05, 0) is 55.4 Å². The number of carbonyl (C=O) groups is 2. The summed E-state index contributed by atoms with van der Waals surface area (Å²) in [5.74, 6) is -0.384. The van der Waals surface area contributed by atoms with E-state index in [0.717, 1.165) is 16.9 Å². The van der Waals surface area contributed by atoms with Crippen molar-refractivity contribution in [2.75, 3.05) is 23.0 Å². The van der Waals surface area contributed by atoms with Crippen molar-refractivity contribution in [3.05, 3.63) is 58.6 Å². The first-order chi connectivity index (χ1) is 16.6. The van der Waals surface area contributed by atoms with Crippen molar-refractivity contribution in [3.63, 3.8) is 0 Å². The smallest absolute Gasteiger partial charge is 0.264 e. The van der Waals surface area contributed by atoms with Gasteiger partial charge in [-0.2, -0.15) is 0 Å². The number of carbonyl (C=O) groups excluding carboxylic acids is 2. The number of aliphatic hydroxyl groups excluding tert-OH is 1. The molecule has 3 aliphatic rings. The van der Waals surface area contributed by atoms with Crippen LogP contribution in [0.15, 0.2) is 42.5 Å². The molecule has 0 radical (unpaired) electrons. The average Bonchev–Trinajstić information content (AvgIpc) is 3.20. The summed E-state index contributed by atoms with van der Waals surface area (Å²) in [4.78, 5) is 40.8. The maximum Gasteiger partial charge on any atom is 0.264 e. The van der Waals surface area contributed by atoms with Gasteiger partial charge in [-0.25, -0.2) is 0 Å². The van der Waals surface area contributed by atoms with Gasteiger partial charge in [-0.15, -0.1) is 0 Å². The minimum Gasteiger partial charge on any atom is -0.432 e. The molecule has 0 bridgehead atoms. The number of halogens is 1. The largest absolute Gasteiger partial charge is 0.432 e. The topological polar surface area (TPSA) is 90.3 Å². The molecule has 1 spiro atoms. The average molecular weight is 515 g/mol. The summed E-state index contributed by atoms with van der Waals surface area (Å²) >= 11 is 6.40. The van der Waals surface area contributed by atoms with Crippen molar-refractivity contribution in [3.8, 4) is 0 Å². The lowest BCUT2D eigenvalue weighted by molar-refractivity contribution is -0.146. The Hall–Kier alpha value is -2.23. The molecular weight excluding hydrogens is 484 g/mol. The summed E-state index contributed by atoms with van der Waals surface area (Å²) in [6.07, 6.45) is 0.475. The highest BCUT2D eigenvalue weighted by atomic mass is 35.5. The molecule has 4 atom stereocenters. The van der Waals surface area contributed by atoms with Crippen LogP contribution in [0.3, 0.4) is 0 Å². The van der Waals surface area contributed by atoms with E-state index in [0.29, 0.717) is 36.5 Å². The first-order valence-electron chi connectivity index (χ1n) is 12.1. The standard InChI is InChI=1S/C26H31ClN2O5Si/c1-16-24(35(2,3)33)22(10-12-30)34-26(16)20-14-18(27)7-8-21(20)29(25(26)32)15-17-5-4-6-19(13-17)28-11-9-23(28)31/h4-8,13-14,16,22,24,30,33H,9-12,15H2,1-3H3/t16-,22+,24-,26+/m0/s1. The van der Waals surface area contributed by atoms with E-state index in [1.165, 1.54) is 0 Å². The van der Waals surface area contributed by atoms with Crippen LogP contribution < -0.4 is 9.80 Å². The number of rotatable bonds is 6. The fourth-order valence-corrected chi connectivity index (χ4v) is 8.97. The summed E-state index contributed by atoms with van der Waals surface area (Å²) < 4.78 is 6.58. The van der Waals surface area contributed by atoms with Crippen molar-refractivity contribution < 1.29 is 24.2 Å². The number of hydrogen-bond donors (Lipinski definition) is 2. The van der Waals surface area contributed by atoms with E-state index >= 15 is 0 Å². The molecule has 7 nitrogen and oxygen atoms in total. The highest BCUT2D eigenvalue weighted by molar-refractivity contribution is 6.71. The van der Waals surface area contributed by atoms with E-state index in [9.17, 15) is 19.5 Å². The zero-order chi connectivity index (χ0) is 25.1. The second-order valence-corrected chi connectivity index (χ2v) is 14.8. The molecule has 0 unspecified atom stereocenters. The van der Waals surface area contributed by atoms with Gasteiger partial charge < -0.3 is 24.4 Å². The van der Waals surface area contributed by atoms with E-state index in [1.54, 1.807) is 21.9 Å². The Morgan fingerprint density at radius 3 is 2.60 bits per heavy atom. The molecule has 2 N–H and O–H groups in total. The van der Waals surface area contributed by atoms with Gasteiger partial charge in [-0.3, -0.25) is 9.59 Å². The molecule has 2 aromatic carbocycles. The summed E-state index contributed by atoms with van der Waals surface area (Å²) in [5, 5.41) is 10.2. The molecule has 2 fully saturated rings. The Bertz CT molecular complexity index is 1180. The number of β-lactam (4-membered cyclic amide) rings is 1. The first kappa shape index (κ1) is 24.5. The molecule has 2 amide bonds. The number of aliphatic hydroxyl groups is 1. The van der Waals surface area contributed by atoms with Gasteiger partial charge in [-0.1, -0.05) is 30.7 Å². The van der Waals surface area contributed by atoms with Crippen molar-refractivity contribution >= 4 is 43.1 Å². The van der Waals surface area contributed by atoms with Crippen LogP contribution in [0.2, 0.25) is 23.7 Å². The maximum absolute atomic E-state index is 14.2. The van der Waals surface area contributed by atoms with Crippen molar-refractivity contribution in [2.45, 2.75) is 56.7 Å². The summed E-state index contributed by atoms with van der Waals surface area (Å²) in [7, 11) is -2.74. The van der Waals surface area contributed by atoms with Gasteiger partial charge in [0.2, 0.25) is 5.91 Å². The van der Waals surface area contributed by atoms with E-state index in [-0.39, 0.29) is 29.9 Å². The molecule has 5 rings (SSSR count). The van der Waals surface area contributed by atoms with E-state index < -0.39 is 20.0 Å². The van der Waals surface area contributed by atoms with Gasteiger partial charge in [0.05, 0.1) is 18.3 Å². The Kier molecular flexibility index (Phi) is 6.09. The van der Waals surface area contributed by atoms with Crippen LogP contribution in [0.25, 0.3) is 0 Å². The van der Waals surface area contributed by atoms with Gasteiger partial charge in [0.15, 0.2) is 13.9 Å². The van der Waals surface area contributed by atoms with Gasteiger partial charge >= 0.3 is 0 Å². The molecule has 0 aromatic heterocycles. The van der Waals surface area contributed by atoms with Crippen LogP contribution in [0.1, 0.15) is 30.9 Å². The molecule has 3 aliphatic heterocycles. The molecule has 35 heavy (non-hydrogen) atoms. The fourth-order valence-electron chi connectivity index (χ4n) is 6.20. The number of fused-ring (bicyclic) bond motifs is 2. The minimum absolute atomic E-state index is 0.0865. The predicted molar refractivity (Wildman–Crippen MR) is 137 cm³/mol. The van der Waals surface area contributed by atoms with Crippen LogP contribution >= 0.6 is 11.6 Å². The van der Waals surface area contributed by atoms with Gasteiger partial charge in [0, 0.05) is 47.3 Å². The zero-order valence-corrected chi connectivity index (χ0v) is 22.0. The third-order valence-electron chi connectivity index (χ3n) is 7.77. The van der Waals surface area contributed by atoms with E-state index in [2.05, 4.69) is 0 Å². The van der Waals surface area contributed by atoms with Crippen LogP contribution in [0.4, 0.5) is 11.4 Å². The number of hydrogen-bond acceptors (Lipinski definition) is 5. The Balaban J connectivity index is 1.55. The molecule has 2 saturated heterocycles. The lowest BCUT2D eigenvalue weighted by Crippen LogP contribution is -2.46. The van der Waals surface area contributed by atoms with E-state index in [4.69, 9.17) is 16.3 Å². The van der Waals surface area contributed by atoms with Gasteiger partial charge in [0.25, 0.3) is 5.91 Å². The number of amides is 2. The third-order valence-corrected chi connectivity index (χ3v) is 10.5. The maximum atomic E-state index is 14.2. The number of benzene rings is 2. The molecule has 2 aromatic rings. The van der Waals surface area contributed by atoms with Crippen LogP contribution in [-0.4, -0.2) is 49.3 Å². The molecule has 9 heteroatoms.